The van der Waals surface area contributed by atoms with Crippen LogP contribution in [-0.2, 0) is 4.74 Å². The van der Waals surface area contributed by atoms with Crippen LogP contribution in [0.1, 0.15) is 29.9 Å². The monoisotopic (exact) mass is 471 g/mol. The Morgan fingerprint density at radius 2 is 2.27 bits per heavy atom. The van der Waals surface area contributed by atoms with Crippen LogP contribution in [0.4, 0.5) is 17.3 Å². The number of anilines is 3. The van der Waals surface area contributed by atoms with Gasteiger partial charge in [0.25, 0.3) is 5.91 Å². The number of allylic oxidation sites excluding steroid dienone is 1. The van der Waals surface area contributed by atoms with Gasteiger partial charge in [0.2, 0.25) is 0 Å². The van der Waals surface area contributed by atoms with E-state index in [1.807, 2.05) is 32.1 Å². The number of nitrogen functional groups attached to an aromatic ring is 1. The molecule has 156 valence electrons. The van der Waals surface area contributed by atoms with Crippen LogP contribution in [-0.4, -0.2) is 56.5 Å². The second-order valence-electron chi connectivity index (χ2n) is 7.01. The first-order valence-electron chi connectivity index (χ1n) is 9.55. The fourth-order valence-electron chi connectivity index (χ4n) is 3.40. The summed E-state index contributed by atoms with van der Waals surface area (Å²) in [5.74, 6) is 1.00. The molecule has 1 fully saturated rings. The molecule has 4 rings (SSSR count). The summed E-state index contributed by atoms with van der Waals surface area (Å²) in [7, 11) is 0. The Labute approximate surface area is 181 Å². The normalized spacial score (nSPS) is 17.0. The van der Waals surface area contributed by atoms with Crippen LogP contribution in [0.2, 0.25) is 0 Å². The molecule has 3 aromatic rings. The summed E-state index contributed by atoms with van der Waals surface area (Å²) in [5, 5.41) is 3.88. The van der Waals surface area contributed by atoms with Crippen molar-refractivity contribution in [3.8, 4) is 0 Å². The van der Waals surface area contributed by atoms with Gasteiger partial charge >= 0.3 is 0 Å². The highest BCUT2D eigenvalue weighted by atomic mass is 79.9. The van der Waals surface area contributed by atoms with Crippen molar-refractivity contribution in [2.24, 2.45) is 0 Å². The lowest BCUT2D eigenvalue weighted by Crippen LogP contribution is -2.47. The first-order chi connectivity index (χ1) is 14.5. The van der Waals surface area contributed by atoms with E-state index < -0.39 is 0 Å². The van der Waals surface area contributed by atoms with Gasteiger partial charge in [-0.2, -0.15) is 0 Å². The summed E-state index contributed by atoms with van der Waals surface area (Å²) in [6, 6.07) is 1.84. The number of hydrogen-bond acceptors (Lipinski definition) is 7. The summed E-state index contributed by atoms with van der Waals surface area (Å²) in [4.78, 5) is 31.0. The van der Waals surface area contributed by atoms with Crippen molar-refractivity contribution in [2.75, 3.05) is 30.8 Å². The standard InChI is InChI=1S/C20H22BrN7O2/c1-3-4-12-7-14(23-8-13(12)22)26-18-15-16(21)17(27-19(15)25-10-24-18)20(29)28-5-6-30-9-11(28)2/h3-4,7-8,10-11H,5-6,9,22H2,1-2H3,(H2,23,24,25,26,27). The van der Waals surface area contributed by atoms with Crippen LogP contribution in [0.5, 0.6) is 0 Å². The highest BCUT2D eigenvalue weighted by molar-refractivity contribution is 9.10. The van der Waals surface area contributed by atoms with Crippen molar-refractivity contribution < 1.29 is 9.53 Å². The zero-order chi connectivity index (χ0) is 21.3. The summed E-state index contributed by atoms with van der Waals surface area (Å²) >= 11 is 3.57. The molecular weight excluding hydrogens is 450 g/mol. The average molecular weight is 472 g/mol. The number of nitrogens with one attached hydrogen (secondary N) is 2. The molecule has 3 aromatic heterocycles. The minimum absolute atomic E-state index is 0.00254. The van der Waals surface area contributed by atoms with Crippen LogP contribution >= 0.6 is 15.9 Å². The van der Waals surface area contributed by atoms with E-state index in [2.05, 4.69) is 41.2 Å². The van der Waals surface area contributed by atoms with Gasteiger partial charge in [-0.3, -0.25) is 4.79 Å². The number of aromatic amines is 1. The number of pyridine rings is 1. The quantitative estimate of drug-likeness (QED) is 0.533. The maximum absolute atomic E-state index is 13.1. The summed E-state index contributed by atoms with van der Waals surface area (Å²) < 4.78 is 6.04. The van der Waals surface area contributed by atoms with Crippen LogP contribution < -0.4 is 11.1 Å². The molecule has 0 aromatic carbocycles. The fraction of sp³-hybridized carbons (Fsp3) is 0.300. The van der Waals surface area contributed by atoms with Gasteiger partial charge in [0.1, 0.15) is 29.3 Å². The Bertz CT molecular complexity index is 1130. The molecule has 1 aliphatic rings. The minimum Gasteiger partial charge on any atom is -0.397 e. The molecule has 30 heavy (non-hydrogen) atoms. The molecule has 1 atom stereocenters. The number of morpholine rings is 1. The molecule has 4 N–H and O–H groups in total. The Morgan fingerprint density at radius 3 is 3.03 bits per heavy atom. The lowest BCUT2D eigenvalue weighted by atomic mass is 10.2. The first kappa shape index (κ1) is 20.3. The number of H-pyrrole nitrogens is 1. The van der Waals surface area contributed by atoms with Crippen LogP contribution in [0.3, 0.4) is 0 Å². The number of fused-ring (bicyclic) bond motifs is 1. The molecule has 0 saturated carbocycles. The van der Waals surface area contributed by atoms with E-state index in [9.17, 15) is 4.79 Å². The number of aromatic nitrogens is 4. The maximum atomic E-state index is 13.1. The molecule has 1 unspecified atom stereocenters. The molecule has 1 amide bonds. The number of ether oxygens (including phenoxy) is 1. The lowest BCUT2D eigenvalue weighted by Gasteiger charge is -2.33. The molecule has 0 spiro atoms. The second-order valence-corrected chi connectivity index (χ2v) is 7.80. The van der Waals surface area contributed by atoms with Gasteiger partial charge in [-0.05, 0) is 35.8 Å². The van der Waals surface area contributed by atoms with Crippen molar-refractivity contribution in [3.63, 3.8) is 0 Å². The summed E-state index contributed by atoms with van der Waals surface area (Å²) in [6.07, 6.45) is 6.84. The molecule has 1 saturated heterocycles. The molecule has 1 aliphatic heterocycles. The molecule has 9 nitrogen and oxygen atoms in total. The molecular formula is C20H22BrN7O2. The zero-order valence-corrected chi connectivity index (χ0v) is 18.2. The number of halogens is 1. The van der Waals surface area contributed by atoms with Gasteiger partial charge in [-0.15, -0.1) is 0 Å². The molecule has 0 bridgehead atoms. The third-order valence-corrected chi connectivity index (χ3v) is 5.73. The van der Waals surface area contributed by atoms with Gasteiger partial charge in [-0.1, -0.05) is 12.2 Å². The van der Waals surface area contributed by atoms with Gasteiger partial charge in [-0.25, -0.2) is 15.0 Å². The zero-order valence-electron chi connectivity index (χ0n) is 16.6. The Hall–Kier alpha value is -2.98. The van der Waals surface area contributed by atoms with E-state index in [4.69, 9.17) is 10.5 Å². The molecule has 0 aliphatic carbocycles. The fourth-order valence-corrected chi connectivity index (χ4v) is 4.04. The van der Waals surface area contributed by atoms with Gasteiger partial charge in [0.05, 0.1) is 41.0 Å². The van der Waals surface area contributed by atoms with Crippen LogP contribution in [0.15, 0.2) is 29.1 Å². The van der Waals surface area contributed by atoms with Gasteiger partial charge in [0.15, 0.2) is 0 Å². The Morgan fingerprint density at radius 1 is 1.43 bits per heavy atom. The van der Waals surface area contributed by atoms with Gasteiger partial charge < -0.3 is 25.7 Å². The number of carbonyl (C=O) groups is 1. The van der Waals surface area contributed by atoms with Crippen molar-refractivity contribution >= 4 is 56.3 Å². The number of nitrogens with two attached hydrogens (primary N) is 1. The molecule has 4 heterocycles. The van der Waals surface area contributed by atoms with E-state index in [1.165, 1.54) is 6.33 Å². The highest BCUT2D eigenvalue weighted by Crippen LogP contribution is 2.34. The van der Waals surface area contributed by atoms with E-state index in [0.29, 0.717) is 58.3 Å². The maximum Gasteiger partial charge on any atom is 0.271 e. The number of rotatable bonds is 4. The van der Waals surface area contributed by atoms with Crippen molar-refractivity contribution in [1.29, 1.82) is 0 Å². The van der Waals surface area contributed by atoms with E-state index >= 15 is 0 Å². The van der Waals surface area contributed by atoms with Crippen molar-refractivity contribution in [2.45, 2.75) is 19.9 Å². The lowest BCUT2D eigenvalue weighted by molar-refractivity contribution is 0.00327. The molecule has 0 radical (unpaired) electrons. The third kappa shape index (κ3) is 3.75. The Balaban J connectivity index is 1.71. The first-order valence-corrected chi connectivity index (χ1v) is 10.3. The van der Waals surface area contributed by atoms with Crippen molar-refractivity contribution in [1.82, 2.24) is 24.8 Å². The number of hydrogen-bond donors (Lipinski definition) is 3. The van der Waals surface area contributed by atoms with Crippen molar-refractivity contribution in [3.05, 3.63) is 40.4 Å². The van der Waals surface area contributed by atoms with E-state index in [1.54, 1.807) is 11.1 Å². The number of nitrogens with zero attached hydrogens (tertiary/aromatic N) is 4. The summed E-state index contributed by atoms with van der Waals surface area (Å²) in [5.41, 5.74) is 8.39. The SMILES string of the molecule is CC=Cc1cc(Nc2ncnc3[nH]c(C(=O)N4CCOCC4C)c(Br)c23)ncc1N. The largest absolute Gasteiger partial charge is 0.397 e. The third-order valence-electron chi connectivity index (χ3n) is 4.93. The molecule has 10 heteroatoms. The van der Waals surface area contributed by atoms with Crippen LogP contribution in [0.25, 0.3) is 17.1 Å². The van der Waals surface area contributed by atoms with E-state index in [0.717, 1.165) is 5.56 Å². The van der Waals surface area contributed by atoms with Gasteiger partial charge in [0, 0.05) is 12.1 Å². The smallest absolute Gasteiger partial charge is 0.271 e. The number of carbonyl (C=O) groups excluding carboxylic acids is 1. The predicted octanol–water partition coefficient (Wildman–Crippen LogP) is 3.34. The second kappa shape index (κ2) is 8.41. The number of amides is 1. The predicted molar refractivity (Wildman–Crippen MR) is 120 cm³/mol. The van der Waals surface area contributed by atoms with Crippen LogP contribution in [0, 0.1) is 0 Å². The Kier molecular flexibility index (Phi) is 5.69. The van der Waals surface area contributed by atoms with E-state index in [-0.39, 0.29) is 11.9 Å². The minimum atomic E-state index is -0.109. The topological polar surface area (TPSA) is 122 Å². The summed E-state index contributed by atoms with van der Waals surface area (Å²) in [6.45, 7) is 5.48. The average Bonchev–Trinajstić information content (AvgIpc) is 3.08. The highest BCUT2D eigenvalue weighted by Gasteiger charge is 2.29.